The Morgan fingerprint density at radius 1 is 1.59 bits per heavy atom. The van der Waals surface area contributed by atoms with E-state index in [1.807, 2.05) is 6.07 Å². The summed E-state index contributed by atoms with van der Waals surface area (Å²) in [7, 11) is 1.66. The van der Waals surface area contributed by atoms with E-state index in [0.29, 0.717) is 16.6 Å². The van der Waals surface area contributed by atoms with Gasteiger partial charge in [0.15, 0.2) is 11.0 Å². The second kappa shape index (κ2) is 4.96. The normalized spacial score (nSPS) is 19.1. The molecule has 0 spiro atoms. The van der Waals surface area contributed by atoms with Gasteiger partial charge in [-0.2, -0.15) is 0 Å². The van der Waals surface area contributed by atoms with Crippen LogP contribution < -0.4 is 5.73 Å². The molecule has 1 amide bonds. The molecule has 0 radical (unpaired) electrons. The summed E-state index contributed by atoms with van der Waals surface area (Å²) >= 11 is 1.34. The molecule has 0 aliphatic carbocycles. The Kier molecular flexibility index (Phi) is 3.38. The van der Waals surface area contributed by atoms with Gasteiger partial charge in [-0.3, -0.25) is 14.7 Å². The molecule has 2 rings (SSSR count). The highest BCUT2D eigenvalue weighted by Crippen LogP contribution is 2.17. The second-order valence-electron chi connectivity index (χ2n) is 3.32. The molecular weight excluding hydrogens is 238 g/mol. The van der Waals surface area contributed by atoms with Crippen LogP contribution in [0.2, 0.25) is 0 Å². The van der Waals surface area contributed by atoms with Crippen LogP contribution in [0, 0.1) is 0 Å². The minimum Gasteiger partial charge on any atom is -0.380 e. The molecule has 1 aromatic heterocycles. The number of amidine groups is 2. The Morgan fingerprint density at radius 2 is 2.41 bits per heavy atom. The van der Waals surface area contributed by atoms with E-state index < -0.39 is 0 Å². The third kappa shape index (κ3) is 2.62. The number of hydrogen-bond donors (Lipinski definition) is 1. The van der Waals surface area contributed by atoms with Crippen molar-refractivity contribution in [2.75, 3.05) is 12.8 Å². The zero-order chi connectivity index (χ0) is 12.3. The Hall–Kier alpha value is -1.89. The fourth-order valence-electron chi connectivity index (χ4n) is 1.18. The summed E-state index contributed by atoms with van der Waals surface area (Å²) in [5.74, 6) is 0.640. The van der Waals surface area contributed by atoms with Crippen molar-refractivity contribution < 1.29 is 4.79 Å². The highest BCUT2D eigenvalue weighted by atomic mass is 32.2. The largest absolute Gasteiger partial charge is 0.380 e. The number of carbonyl (C=O) groups excluding carboxylic acids is 1. The third-order valence-electron chi connectivity index (χ3n) is 2.16. The van der Waals surface area contributed by atoms with Gasteiger partial charge < -0.3 is 5.73 Å². The number of nitrogens with zero attached hydrogens (tertiary/aromatic N) is 4. The second-order valence-corrected chi connectivity index (χ2v) is 4.27. The lowest BCUT2D eigenvalue weighted by Gasteiger charge is -2.05. The van der Waals surface area contributed by atoms with Crippen LogP contribution in [0.15, 0.2) is 34.6 Å². The van der Waals surface area contributed by atoms with Crippen LogP contribution in [0.3, 0.4) is 0 Å². The number of aromatic nitrogens is 1. The number of amides is 1. The summed E-state index contributed by atoms with van der Waals surface area (Å²) in [4.78, 5) is 16.7. The van der Waals surface area contributed by atoms with E-state index in [4.69, 9.17) is 5.73 Å². The maximum atomic E-state index is 11.2. The van der Waals surface area contributed by atoms with Crippen molar-refractivity contribution >= 4 is 28.7 Å². The molecule has 17 heavy (non-hydrogen) atoms. The van der Waals surface area contributed by atoms with Gasteiger partial charge in [-0.25, -0.2) is 0 Å². The molecule has 1 aromatic rings. The lowest BCUT2D eigenvalue weighted by Crippen LogP contribution is -2.24. The van der Waals surface area contributed by atoms with E-state index in [1.165, 1.54) is 16.7 Å². The van der Waals surface area contributed by atoms with E-state index in [0.717, 1.165) is 0 Å². The number of rotatable bonds is 2. The molecule has 0 bridgehead atoms. The maximum Gasteiger partial charge on any atom is 0.238 e. The standard InChI is InChI=1S/C10H11N5OS/c1-15-8(16)6-17-10(15)14-13-9(11)7-4-2-3-5-12-7/h2-5H,6H2,1H3,(H2,11,13)/b14-10-. The van der Waals surface area contributed by atoms with Crippen molar-refractivity contribution in [3.8, 4) is 0 Å². The van der Waals surface area contributed by atoms with Gasteiger partial charge in [0, 0.05) is 13.2 Å². The zero-order valence-electron chi connectivity index (χ0n) is 9.20. The van der Waals surface area contributed by atoms with Crippen molar-refractivity contribution in [1.82, 2.24) is 9.88 Å². The molecule has 0 aromatic carbocycles. The van der Waals surface area contributed by atoms with Crippen LogP contribution in [0.5, 0.6) is 0 Å². The summed E-state index contributed by atoms with van der Waals surface area (Å²) in [5, 5.41) is 8.35. The average Bonchev–Trinajstić information content (AvgIpc) is 2.68. The predicted octanol–water partition coefficient (Wildman–Crippen LogP) is 0.263. The first-order chi connectivity index (χ1) is 8.18. The monoisotopic (exact) mass is 249 g/mol. The van der Waals surface area contributed by atoms with Crippen LogP contribution in [0.4, 0.5) is 0 Å². The van der Waals surface area contributed by atoms with Crippen molar-refractivity contribution in [2.45, 2.75) is 0 Å². The topological polar surface area (TPSA) is 83.9 Å². The van der Waals surface area contributed by atoms with Gasteiger partial charge in [0.2, 0.25) is 5.91 Å². The number of pyridine rings is 1. The molecule has 0 saturated carbocycles. The van der Waals surface area contributed by atoms with Crippen LogP contribution in [0.25, 0.3) is 0 Å². The van der Waals surface area contributed by atoms with Gasteiger partial charge in [0.25, 0.3) is 0 Å². The Balaban J connectivity index is 2.16. The molecular formula is C10H11N5OS. The Bertz CT molecular complexity index is 485. The summed E-state index contributed by atoms with van der Waals surface area (Å²) in [5.41, 5.74) is 6.28. The first kappa shape index (κ1) is 11.6. The van der Waals surface area contributed by atoms with E-state index in [9.17, 15) is 4.79 Å². The van der Waals surface area contributed by atoms with Gasteiger partial charge in [0.1, 0.15) is 5.69 Å². The maximum absolute atomic E-state index is 11.2. The van der Waals surface area contributed by atoms with Gasteiger partial charge in [0.05, 0.1) is 5.75 Å². The van der Waals surface area contributed by atoms with Crippen molar-refractivity contribution in [3.05, 3.63) is 30.1 Å². The third-order valence-corrected chi connectivity index (χ3v) is 3.16. The lowest BCUT2D eigenvalue weighted by molar-refractivity contribution is -0.123. The highest BCUT2D eigenvalue weighted by Gasteiger charge is 2.24. The van der Waals surface area contributed by atoms with Crippen LogP contribution in [0.1, 0.15) is 5.69 Å². The molecule has 2 heterocycles. The van der Waals surface area contributed by atoms with Gasteiger partial charge in [-0.15, -0.1) is 10.2 Å². The summed E-state index contributed by atoms with van der Waals surface area (Å²) in [6.07, 6.45) is 1.63. The Morgan fingerprint density at radius 3 is 3.00 bits per heavy atom. The van der Waals surface area contributed by atoms with Crippen molar-refractivity contribution in [3.63, 3.8) is 0 Å². The van der Waals surface area contributed by atoms with E-state index in [1.54, 1.807) is 25.4 Å². The summed E-state index contributed by atoms with van der Waals surface area (Å²) in [6.45, 7) is 0. The molecule has 88 valence electrons. The van der Waals surface area contributed by atoms with Crippen molar-refractivity contribution in [1.29, 1.82) is 0 Å². The fourth-order valence-corrected chi connectivity index (χ4v) is 2.02. The van der Waals surface area contributed by atoms with Crippen LogP contribution >= 0.6 is 11.8 Å². The van der Waals surface area contributed by atoms with Gasteiger partial charge in [-0.1, -0.05) is 17.8 Å². The molecule has 6 nitrogen and oxygen atoms in total. The van der Waals surface area contributed by atoms with Crippen LogP contribution in [-0.2, 0) is 4.79 Å². The van der Waals surface area contributed by atoms with E-state index >= 15 is 0 Å². The molecule has 1 saturated heterocycles. The summed E-state index contributed by atoms with van der Waals surface area (Å²) < 4.78 is 0. The quantitative estimate of drug-likeness (QED) is 0.463. The minimum absolute atomic E-state index is 0.0142. The summed E-state index contributed by atoms with van der Waals surface area (Å²) in [6, 6.07) is 5.36. The number of thioether (sulfide) groups is 1. The van der Waals surface area contributed by atoms with Gasteiger partial charge in [-0.05, 0) is 12.1 Å². The molecule has 1 aliphatic rings. The first-order valence-electron chi connectivity index (χ1n) is 4.90. The van der Waals surface area contributed by atoms with E-state index in [-0.39, 0.29) is 11.7 Å². The average molecular weight is 249 g/mol. The van der Waals surface area contributed by atoms with E-state index in [2.05, 4.69) is 15.2 Å². The van der Waals surface area contributed by atoms with Crippen molar-refractivity contribution in [2.24, 2.45) is 15.9 Å². The molecule has 0 unspecified atom stereocenters. The molecule has 2 N–H and O–H groups in total. The molecule has 1 aliphatic heterocycles. The SMILES string of the molecule is CN1C(=O)CS/C1=N\N=C(/N)c1ccccn1. The van der Waals surface area contributed by atoms with Gasteiger partial charge >= 0.3 is 0 Å². The Labute approximate surface area is 103 Å². The van der Waals surface area contributed by atoms with Crippen LogP contribution in [-0.4, -0.2) is 39.6 Å². The smallest absolute Gasteiger partial charge is 0.238 e. The zero-order valence-corrected chi connectivity index (χ0v) is 10.0. The number of nitrogens with two attached hydrogens (primary N) is 1. The minimum atomic E-state index is 0.0142. The number of carbonyl (C=O) groups is 1. The molecule has 7 heteroatoms. The molecule has 0 atom stereocenters. The number of hydrogen-bond acceptors (Lipinski definition) is 5. The lowest BCUT2D eigenvalue weighted by atomic mass is 10.3. The predicted molar refractivity (Wildman–Crippen MR) is 67.6 cm³/mol. The fraction of sp³-hybridized carbons (Fsp3) is 0.200. The molecule has 1 fully saturated rings. The highest BCUT2D eigenvalue weighted by molar-refractivity contribution is 8.15. The first-order valence-corrected chi connectivity index (χ1v) is 5.89.